The summed E-state index contributed by atoms with van der Waals surface area (Å²) in [6.45, 7) is 2.80. The first-order valence-electron chi connectivity index (χ1n) is 2.00. The standard InChI is InChI=1S/C3H8ClSi2/c1-3-6(2,4)5/h3H2,1-2H3. The van der Waals surface area contributed by atoms with Crippen LogP contribution in [0.2, 0.25) is 12.6 Å². The van der Waals surface area contributed by atoms with Gasteiger partial charge in [0.25, 0.3) is 0 Å². The van der Waals surface area contributed by atoms with Crippen LogP contribution in [0.3, 0.4) is 0 Å². The first-order chi connectivity index (χ1) is 2.56. The van der Waals surface area contributed by atoms with Crippen molar-refractivity contribution in [3.63, 3.8) is 0 Å². The van der Waals surface area contributed by atoms with E-state index in [2.05, 4.69) is 23.2 Å². The molecule has 1 unspecified atom stereocenters. The van der Waals surface area contributed by atoms with Crippen molar-refractivity contribution in [1.29, 1.82) is 0 Å². The number of halogens is 1. The van der Waals surface area contributed by atoms with E-state index in [4.69, 9.17) is 11.1 Å². The minimum Gasteiger partial charge on any atom is -0.172 e. The molecule has 0 aromatic rings. The van der Waals surface area contributed by atoms with Gasteiger partial charge in [-0.05, 0) is 6.04 Å². The van der Waals surface area contributed by atoms with Crippen LogP contribution in [0.1, 0.15) is 6.92 Å². The predicted octanol–water partition coefficient (Wildman–Crippen LogP) is 1.49. The molecule has 0 saturated carbocycles. The second-order valence-electron chi connectivity index (χ2n) is 1.55. The number of hydrogen-bond acceptors (Lipinski definition) is 0. The normalized spacial score (nSPS) is 20.0. The molecule has 1 atom stereocenters. The maximum Gasteiger partial charge on any atom is 0.134 e. The molecule has 6 heavy (non-hydrogen) atoms. The molecule has 0 bridgehead atoms. The smallest absolute Gasteiger partial charge is 0.134 e. The van der Waals surface area contributed by atoms with Gasteiger partial charge in [0.1, 0.15) is 6.90 Å². The fourth-order valence-electron chi connectivity index (χ4n) is 0. The Kier molecular flexibility index (Phi) is 2.40. The average Bonchev–Trinajstić information content (AvgIpc) is 1.35. The Morgan fingerprint density at radius 2 is 2.00 bits per heavy atom. The van der Waals surface area contributed by atoms with E-state index in [1.165, 1.54) is 0 Å². The Labute approximate surface area is 47.8 Å². The summed E-state index contributed by atoms with van der Waals surface area (Å²) in [7, 11) is 3.43. The molecule has 0 aromatic heterocycles. The summed E-state index contributed by atoms with van der Waals surface area (Å²) in [6, 6.07) is 1.09. The molecule has 0 nitrogen and oxygen atoms in total. The summed E-state index contributed by atoms with van der Waals surface area (Å²) in [5.74, 6) is 0. The van der Waals surface area contributed by atoms with E-state index in [0.717, 1.165) is 6.04 Å². The fourth-order valence-corrected chi connectivity index (χ4v) is 0. The van der Waals surface area contributed by atoms with Gasteiger partial charge in [-0.15, -0.1) is 0 Å². The van der Waals surface area contributed by atoms with Crippen molar-refractivity contribution in [2.45, 2.75) is 19.5 Å². The van der Waals surface area contributed by atoms with Crippen molar-refractivity contribution in [3.8, 4) is 0 Å². The van der Waals surface area contributed by atoms with Gasteiger partial charge in [-0.25, -0.2) is 0 Å². The van der Waals surface area contributed by atoms with Gasteiger partial charge in [-0.1, -0.05) is 13.5 Å². The Bertz CT molecular complexity index is 38.5. The zero-order valence-corrected chi connectivity index (χ0v) is 6.84. The molecule has 0 aliphatic carbocycles. The van der Waals surface area contributed by atoms with Crippen LogP contribution in [0.4, 0.5) is 0 Å². The molecule has 0 rings (SSSR count). The lowest BCUT2D eigenvalue weighted by molar-refractivity contribution is 1.43. The van der Waals surface area contributed by atoms with E-state index < -0.39 is 6.90 Å². The van der Waals surface area contributed by atoms with Crippen LogP contribution in [-0.4, -0.2) is 16.7 Å². The Morgan fingerprint density at radius 1 is 1.83 bits per heavy atom. The van der Waals surface area contributed by atoms with E-state index in [0.29, 0.717) is 0 Å². The van der Waals surface area contributed by atoms with E-state index >= 15 is 0 Å². The van der Waals surface area contributed by atoms with Crippen molar-refractivity contribution >= 4 is 27.7 Å². The SMILES string of the molecule is CC[Si](C)([Si])Cl. The molecule has 0 saturated heterocycles. The molecule has 0 fully saturated rings. The highest BCUT2D eigenvalue weighted by Crippen LogP contribution is 2.06. The summed E-state index contributed by atoms with van der Waals surface area (Å²) in [5.41, 5.74) is 0. The maximum absolute atomic E-state index is 5.77. The number of rotatable bonds is 1. The molecule has 0 heterocycles. The van der Waals surface area contributed by atoms with Gasteiger partial charge in [0, 0.05) is 9.76 Å². The van der Waals surface area contributed by atoms with Gasteiger partial charge < -0.3 is 0 Å². The third kappa shape index (κ3) is 4.72. The topological polar surface area (TPSA) is 0 Å². The zero-order valence-electron chi connectivity index (χ0n) is 4.09. The quantitative estimate of drug-likeness (QED) is 0.378. The van der Waals surface area contributed by atoms with Crippen LogP contribution in [0.5, 0.6) is 0 Å². The highest BCUT2D eigenvalue weighted by Gasteiger charge is 2.11. The molecule has 0 spiro atoms. The Morgan fingerprint density at radius 3 is 2.00 bits per heavy atom. The maximum atomic E-state index is 5.77. The molecule has 0 amide bonds. The summed E-state index contributed by atoms with van der Waals surface area (Å²) in [5, 5.41) is 0. The third-order valence-corrected chi connectivity index (χ3v) is 3.85. The lowest BCUT2D eigenvalue weighted by Gasteiger charge is -2.05. The first-order valence-corrected chi connectivity index (χ1v) is 7.22. The van der Waals surface area contributed by atoms with E-state index in [-0.39, 0.29) is 0 Å². The van der Waals surface area contributed by atoms with Crippen LogP contribution in [0, 0.1) is 0 Å². The predicted molar refractivity (Wildman–Crippen MR) is 33.7 cm³/mol. The van der Waals surface area contributed by atoms with Crippen LogP contribution >= 0.6 is 11.1 Å². The van der Waals surface area contributed by atoms with Gasteiger partial charge >= 0.3 is 0 Å². The van der Waals surface area contributed by atoms with Crippen molar-refractivity contribution in [2.24, 2.45) is 0 Å². The van der Waals surface area contributed by atoms with Gasteiger partial charge in [-0.2, -0.15) is 11.1 Å². The molecule has 0 aromatic carbocycles. The van der Waals surface area contributed by atoms with Gasteiger partial charge in [0.15, 0.2) is 0 Å². The Balaban J connectivity index is 3.17. The van der Waals surface area contributed by atoms with Crippen molar-refractivity contribution < 1.29 is 0 Å². The van der Waals surface area contributed by atoms with Crippen LogP contribution < -0.4 is 0 Å². The minimum atomic E-state index is -1.35. The van der Waals surface area contributed by atoms with E-state index in [1.807, 2.05) is 0 Å². The molecular formula is C3H8ClSi2. The lowest BCUT2D eigenvalue weighted by Crippen LogP contribution is -2.20. The molecule has 0 N–H and O–H groups in total. The van der Waals surface area contributed by atoms with Gasteiger partial charge in [-0.3, -0.25) is 0 Å². The average molecular weight is 136 g/mol. The van der Waals surface area contributed by atoms with Crippen molar-refractivity contribution in [2.75, 3.05) is 0 Å². The van der Waals surface area contributed by atoms with Crippen LogP contribution in [0.15, 0.2) is 0 Å². The van der Waals surface area contributed by atoms with Gasteiger partial charge in [0.2, 0.25) is 0 Å². The monoisotopic (exact) mass is 135 g/mol. The second kappa shape index (κ2) is 2.14. The van der Waals surface area contributed by atoms with Gasteiger partial charge in [0.05, 0.1) is 0 Å². The molecule has 0 aliphatic rings. The number of hydrogen-bond donors (Lipinski definition) is 0. The second-order valence-corrected chi connectivity index (χ2v) is 11.4. The summed E-state index contributed by atoms with van der Waals surface area (Å²) in [6.07, 6.45) is 0. The summed E-state index contributed by atoms with van der Waals surface area (Å²) < 4.78 is 0. The van der Waals surface area contributed by atoms with E-state index in [9.17, 15) is 0 Å². The molecular weight excluding hydrogens is 128 g/mol. The third-order valence-electron chi connectivity index (χ3n) is 0.664. The minimum absolute atomic E-state index is 1.09. The molecule has 3 heteroatoms. The summed E-state index contributed by atoms with van der Waals surface area (Å²) >= 11 is 5.77. The zero-order chi connectivity index (χ0) is 5.21. The van der Waals surface area contributed by atoms with E-state index in [1.54, 1.807) is 0 Å². The first kappa shape index (κ1) is 6.72. The lowest BCUT2D eigenvalue weighted by atomic mass is 11.0. The highest BCUT2D eigenvalue weighted by atomic mass is 35.6. The van der Waals surface area contributed by atoms with Crippen molar-refractivity contribution in [3.05, 3.63) is 0 Å². The molecule has 3 radical (unpaired) electrons. The highest BCUT2D eigenvalue weighted by molar-refractivity contribution is 7.42. The van der Waals surface area contributed by atoms with Crippen LogP contribution in [-0.2, 0) is 0 Å². The Hall–Kier alpha value is 0.724. The fraction of sp³-hybridized carbons (Fsp3) is 1.00. The molecule has 35 valence electrons. The summed E-state index contributed by atoms with van der Waals surface area (Å²) in [4.78, 5) is 0. The van der Waals surface area contributed by atoms with Crippen LogP contribution in [0.25, 0.3) is 0 Å². The van der Waals surface area contributed by atoms with Crippen molar-refractivity contribution in [1.82, 2.24) is 0 Å². The molecule has 0 aliphatic heterocycles. The largest absolute Gasteiger partial charge is 0.172 e.